The highest BCUT2D eigenvalue weighted by Gasteiger charge is 2.44. The molecule has 622 valence electrons. The lowest BCUT2D eigenvalue weighted by Crippen LogP contribution is -2.42. The van der Waals surface area contributed by atoms with Gasteiger partial charge < -0.3 is 35.4 Å². The summed E-state index contributed by atoms with van der Waals surface area (Å²) in [5.41, 5.74) is 14.1. The summed E-state index contributed by atoms with van der Waals surface area (Å²) in [5, 5.41) is -0.409. The second-order valence-electron chi connectivity index (χ2n) is 42.9. The Labute approximate surface area is 693 Å². The first-order chi connectivity index (χ1) is 49.3. The molecular formula is C92H166O8Si10. The van der Waals surface area contributed by atoms with Crippen molar-refractivity contribution in [1.82, 2.24) is 0 Å². The fraction of sp³-hybridized carbons (Fsp3) is 0.739. The molecule has 0 aliphatic rings. The number of rotatable bonds is 30. The van der Waals surface area contributed by atoms with Gasteiger partial charge in [-0.15, -0.1) is 11.1 Å². The predicted octanol–water partition coefficient (Wildman–Crippen LogP) is 26.5. The van der Waals surface area contributed by atoms with Gasteiger partial charge in [-0.05, 0) is 217 Å². The maximum absolute atomic E-state index is 7.15. The zero-order valence-corrected chi connectivity index (χ0v) is 90.2. The van der Waals surface area contributed by atoms with E-state index in [0.29, 0.717) is 48.7 Å². The van der Waals surface area contributed by atoms with E-state index in [1.54, 1.807) is 0 Å². The van der Waals surface area contributed by atoms with Gasteiger partial charge in [-0.3, -0.25) is 0 Å². The minimum atomic E-state index is -2.38. The average molecular weight is 1680 g/mol. The van der Waals surface area contributed by atoms with E-state index >= 15 is 0 Å². The van der Waals surface area contributed by atoms with Gasteiger partial charge in [0.1, 0.15) is 16.1 Å². The normalized spacial score (nSPS) is 14.7. The van der Waals surface area contributed by atoms with Crippen LogP contribution in [0.2, 0.25) is 181 Å². The number of hydrogen-bond acceptors (Lipinski definition) is 8. The molecule has 18 heteroatoms. The van der Waals surface area contributed by atoms with E-state index < -0.39 is 82.7 Å². The lowest BCUT2D eigenvalue weighted by Gasteiger charge is -2.37. The summed E-state index contributed by atoms with van der Waals surface area (Å²) < 4.78 is 56.9. The molecule has 0 rings (SSSR count). The van der Waals surface area contributed by atoms with Crippen molar-refractivity contribution in [2.45, 2.75) is 389 Å². The minimum absolute atomic E-state index is 0.00451. The SMILES string of the molecule is CC[Si](C#C/C(CO[Si](C)(C)C(C)(C)C)=C(/C#CC#C/C(CO[Si](C)(C)C(C)(C)C)=C(/C#CC#C/C(CO[Si](C)(C)C(C)(C)C)=C(/C#CC#C/C(CO[Si](C)(C)C(C)(C)C)=C(/C#C[Si](CC)(CC)CC)CO[Si](C)(C)C(C)(C)C)CO[Si](C)(C)C(C)(C)C)CO[Si](C)(C)C(C)(C)C)CO[Si](C)(C)C(C)(C)C)(CC)CC. The molecule has 0 N–H and O–H groups in total. The van der Waals surface area contributed by atoms with E-state index in [2.05, 4.69) is 406 Å². The highest BCUT2D eigenvalue weighted by Crippen LogP contribution is 2.44. The Morgan fingerprint density at radius 2 is 0.282 bits per heavy atom. The Bertz CT molecular complexity index is 3470. The number of hydrogen-bond donors (Lipinski definition) is 0. The third kappa shape index (κ3) is 33.7. The largest absolute Gasteiger partial charge is 0.412 e. The van der Waals surface area contributed by atoms with Gasteiger partial charge in [0.25, 0.3) is 0 Å². The lowest BCUT2D eigenvalue weighted by molar-refractivity contribution is 0.308. The smallest absolute Gasteiger partial charge is 0.192 e. The summed E-state index contributed by atoms with van der Waals surface area (Å²) in [4.78, 5) is 0. The van der Waals surface area contributed by atoms with E-state index in [1.165, 1.54) is 0 Å². The van der Waals surface area contributed by atoms with Crippen molar-refractivity contribution in [3.63, 3.8) is 0 Å². The third-order valence-electron chi connectivity index (χ3n) is 27.0. The molecule has 0 aliphatic carbocycles. The molecule has 0 amide bonds. The monoisotopic (exact) mass is 1680 g/mol. The van der Waals surface area contributed by atoms with Crippen molar-refractivity contribution in [2.24, 2.45) is 0 Å². The first kappa shape index (κ1) is 107. The van der Waals surface area contributed by atoms with Gasteiger partial charge in [-0.1, -0.05) is 255 Å². The van der Waals surface area contributed by atoms with Crippen molar-refractivity contribution in [1.29, 1.82) is 0 Å². The zero-order chi connectivity index (χ0) is 86.5. The Morgan fingerprint density at radius 3 is 0.373 bits per heavy atom. The highest BCUT2D eigenvalue weighted by atomic mass is 28.4. The van der Waals surface area contributed by atoms with Crippen molar-refractivity contribution < 1.29 is 35.4 Å². The Hall–Kier alpha value is -2.71. The molecule has 0 saturated heterocycles. The molecule has 0 atom stereocenters. The van der Waals surface area contributed by atoms with Crippen LogP contribution < -0.4 is 0 Å². The predicted molar refractivity (Wildman–Crippen MR) is 510 cm³/mol. The van der Waals surface area contributed by atoms with Crippen LogP contribution in [-0.4, -0.2) is 136 Å². The van der Waals surface area contributed by atoms with Crippen molar-refractivity contribution in [2.75, 3.05) is 52.9 Å². The van der Waals surface area contributed by atoms with E-state index in [1.807, 2.05) is 0 Å². The van der Waals surface area contributed by atoms with Crippen LogP contribution in [0.3, 0.4) is 0 Å². The van der Waals surface area contributed by atoms with Crippen molar-refractivity contribution >= 4 is 82.7 Å². The van der Waals surface area contributed by atoms with E-state index in [4.69, 9.17) is 35.4 Å². The summed E-state index contributed by atoms with van der Waals surface area (Å²) in [6, 6.07) is 6.50. The fourth-order valence-corrected chi connectivity index (χ4v) is 20.8. The fourth-order valence-electron chi connectivity index (χ4n) is 8.43. The van der Waals surface area contributed by atoms with Gasteiger partial charge in [-0.2, -0.15) is 0 Å². The van der Waals surface area contributed by atoms with Gasteiger partial charge in [0.15, 0.2) is 66.5 Å². The third-order valence-corrected chi connectivity index (χ3v) is 72.3. The zero-order valence-electron chi connectivity index (χ0n) is 80.2. The molecule has 0 saturated carbocycles. The lowest BCUT2D eigenvalue weighted by atomic mass is 10.1. The second kappa shape index (κ2) is 42.1. The topological polar surface area (TPSA) is 73.8 Å². The van der Waals surface area contributed by atoms with Gasteiger partial charge in [-0.25, -0.2) is 0 Å². The molecule has 0 aliphatic heterocycles. The molecule has 0 aromatic heterocycles. The van der Waals surface area contributed by atoms with Gasteiger partial charge >= 0.3 is 0 Å². The van der Waals surface area contributed by atoms with E-state index in [9.17, 15) is 0 Å². The maximum Gasteiger partial charge on any atom is 0.192 e. The van der Waals surface area contributed by atoms with Crippen LogP contribution in [0.1, 0.15) is 208 Å². The Morgan fingerprint density at radius 1 is 0.182 bits per heavy atom. The molecular weight excluding hydrogens is 1510 g/mol. The first-order valence-electron chi connectivity index (χ1n) is 41.4. The van der Waals surface area contributed by atoms with Crippen LogP contribution in [0.25, 0.3) is 0 Å². The van der Waals surface area contributed by atoms with Crippen molar-refractivity contribution in [3.05, 3.63) is 44.6 Å². The van der Waals surface area contributed by atoms with Crippen LogP contribution in [0.15, 0.2) is 44.6 Å². The molecule has 0 unspecified atom stereocenters. The molecule has 110 heavy (non-hydrogen) atoms. The Balaban J connectivity index is 10.5. The quantitative estimate of drug-likeness (QED) is 0.0520. The van der Waals surface area contributed by atoms with Crippen LogP contribution in [-0.2, 0) is 35.4 Å². The molecule has 0 aromatic carbocycles. The van der Waals surface area contributed by atoms with Gasteiger partial charge in [0.2, 0.25) is 0 Å². The summed E-state index contributed by atoms with van der Waals surface area (Å²) in [6.07, 6.45) is 0. The molecule has 0 aromatic rings. The van der Waals surface area contributed by atoms with Gasteiger partial charge in [0.05, 0.1) is 52.9 Å². The summed E-state index contributed by atoms with van der Waals surface area (Å²) in [6.45, 7) is 107. The molecule has 0 bridgehead atoms. The first-order valence-corrected chi connectivity index (χ1v) is 69.9. The summed E-state index contributed by atoms with van der Waals surface area (Å²) >= 11 is 0. The maximum atomic E-state index is 7.15. The van der Waals surface area contributed by atoms with Crippen LogP contribution in [0, 0.1) is 94.0 Å². The van der Waals surface area contributed by atoms with Crippen LogP contribution in [0.5, 0.6) is 0 Å². The van der Waals surface area contributed by atoms with Crippen LogP contribution >= 0.6 is 0 Å². The standard InChI is InChI=1S/C92H166O8Si10/c1-47-109(48-2,49-3)67-65-83(75-99-107(43,44)91(25,26)27)81(73-97-105(39,40)89(19,20)21)63-57-55-61-79(71-95-103(35,36)87(13,14)15)77(69-93-101(31,32)85(7,8)9)59-53-54-60-78(70-94-102(33,34)86(10,11)12)80(72-96-104(37,38)88(16,17)18)62-56-58-64-82(74-98-106(41,42)90(22,23)24)84(66-68-110(50-4,51-5)52-6)76-100-108(45,46)92(28,29)30/h47-52,69-76H2,1-46H3/b79-77+,80-78+,83-81+,84-82+. The summed E-state index contributed by atoms with van der Waals surface area (Å²) in [7, 11) is -22.3. The Kier molecular flexibility index (Phi) is 41.1. The molecule has 0 radical (unpaired) electrons. The van der Waals surface area contributed by atoms with E-state index in [0.717, 1.165) is 58.6 Å². The molecule has 0 heterocycles. The highest BCUT2D eigenvalue weighted by molar-refractivity contribution is 6.87. The van der Waals surface area contributed by atoms with Crippen LogP contribution in [0.4, 0.5) is 0 Å². The van der Waals surface area contributed by atoms with Gasteiger partial charge in [0, 0.05) is 44.6 Å². The summed E-state index contributed by atoms with van der Waals surface area (Å²) in [5.74, 6) is 49.3. The molecule has 8 nitrogen and oxygen atoms in total. The molecule has 0 spiro atoms. The minimum Gasteiger partial charge on any atom is -0.412 e. The van der Waals surface area contributed by atoms with E-state index in [-0.39, 0.29) is 66.7 Å². The van der Waals surface area contributed by atoms with Crippen molar-refractivity contribution in [3.8, 4) is 94.0 Å². The molecule has 0 fully saturated rings. The second-order valence-corrected chi connectivity index (χ2v) is 91.2. The average Bonchev–Trinajstić information content (AvgIpc) is 0.837.